The second-order valence-corrected chi connectivity index (χ2v) is 4.02. The molecule has 2 rings (SSSR count). The Morgan fingerprint density at radius 1 is 1.44 bits per heavy atom. The van der Waals surface area contributed by atoms with Crippen LogP contribution in [0.4, 0.5) is 14.5 Å². The molecule has 0 saturated carbocycles. The molecule has 0 aromatic carbocycles. The predicted molar refractivity (Wildman–Crippen MR) is 62.5 cm³/mol. The van der Waals surface area contributed by atoms with Crippen LogP contribution in [-0.2, 0) is 7.05 Å². The Bertz CT molecular complexity index is 612. The van der Waals surface area contributed by atoms with Gasteiger partial charge >= 0.3 is 0 Å². The summed E-state index contributed by atoms with van der Waals surface area (Å²) in [6.45, 7) is 0. The molecule has 2 aromatic rings. The van der Waals surface area contributed by atoms with Gasteiger partial charge in [0.15, 0.2) is 0 Å². The summed E-state index contributed by atoms with van der Waals surface area (Å²) in [4.78, 5) is 14.8. The second kappa shape index (κ2) is 4.73. The fourth-order valence-electron chi connectivity index (χ4n) is 1.44. The van der Waals surface area contributed by atoms with E-state index in [9.17, 15) is 13.6 Å². The number of hydrogen-bond donors (Lipinski definition) is 1. The molecule has 0 bridgehead atoms. The first kappa shape index (κ1) is 12.5. The van der Waals surface area contributed by atoms with Crippen molar-refractivity contribution in [1.29, 1.82) is 0 Å². The summed E-state index contributed by atoms with van der Waals surface area (Å²) >= 11 is 5.73. The SMILES string of the molecule is Cn1cc(Cl)cc1C(=O)Nc1ccc(F)nc1F. The number of nitrogens with one attached hydrogen (secondary N) is 1. The molecular formula is C11H8ClF2N3O. The normalized spacial score (nSPS) is 10.4. The van der Waals surface area contributed by atoms with Crippen LogP contribution < -0.4 is 5.32 Å². The van der Waals surface area contributed by atoms with Crippen molar-refractivity contribution in [3.05, 3.63) is 47.0 Å². The molecule has 2 heterocycles. The molecule has 0 aliphatic rings. The van der Waals surface area contributed by atoms with E-state index in [-0.39, 0.29) is 11.4 Å². The van der Waals surface area contributed by atoms with Gasteiger partial charge in [-0.25, -0.2) is 0 Å². The van der Waals surface area contributed by atoms with Crippen LogP contribution in [0, 0.1) is 11.9 Å². The van der Waals surface area contributed by atoms with Crippen molar-refractivity contribution in [3.63, 3.8) is 0 Å². The van der Waals surface area contributed by atoms with E-state index in [1.54, 1.807) is 7.05 Å². The van der Waals surface area contributed by atoms with E-state index >= 15 is 0 Å². The molecule has 2 aromatic heterocycles. The molecule has 1 N–H and O–H groups in total. The Labute approximate surface area is 106 Å². The van der Waals surface area contributed by atoms with Crippen molar-refractivity contribution in [1.82, 2.24) is 9.55 Å². The molecule has 0 fully saturated rings. The van der Waals surface area contributed by atoms with Gasteiger partial charge in [-0.2, -0.15) is 13.8 Å². The molecule has 18 heavy (non-hydrogen) atoms. The number of halogens is 3. The zero-order chi connectivity index (χ0) is 13.3. The molecule has 0 spiro atoms. The lowest BCUT2D eigenvalue weighted by molar-refractivity contribution is 0.101. The molecule has 94 valence electrons. The minimum absolute atomic E-state index is 0.196. The minimum atomic E-state index is -1.08. The third-order valence-corrected chi connectivity index (χ3v) is 2.47. The van der Waals surface area contributed by atoms with Gasteiger partial charge in [0.25, 0.3) is 5.91 Å². The third kappa shape index (κ3) is 2.48. The lowest BCUT2D eigenvalue weighted by Crippen LogP contribution is -2.16. The highest BCUT2D eigenvalue weighted by Gasteiger charge is 2.14. The molecule has 0 aliphatic heterocycles. The van der Waals surface area contributed by atoms with Crippen LogP contribution in [0.15, 0.2) is 24.4 Å². The number of amides is 1. The van der Waals surface area contributed by atoms with Crippen molar-refractivity contribution in [2.45, 2.75) is 0 Å². The third-order valence-electron chi connectivity index (χ3n) is 2.27. The average molecular weight is 272 g/mol. The van der Waals surface area contributed by atoms with Gasteiger partial charge in [-0.05, 0) is 18.2 Å². The first-order chi connectivity index (χ1) is 8.47. The van der Waals surface area contributed by atoms with E-state index in [0.29, 0.717) is 5.02 Å². The van der Waals surface area contributed by atoms with Gasteiger partial charge < -0.3 is 9.88 Å². The molecule has 4 nitrogen and oxygen atoms in total. The summed E-state index contributed by atoms with van der Waals surface area (Å²) in [5.41, 5.74) is 0.0578. The van der Waals surface area contributed by atoms with E-state index in [0.717, 1.165) is 12.1 Å². The molecule has 0 atom stereocenters. The van der Waals surface area contributed by atoms with E-state index in [4.69, 9.17) is 11.6 Å². The Kier molecular flexibility index (Phi) is 3.29. The van der Waals surface area contributed by atoms with Gasteiger partial charge in [-0.1, -0.05) is 11.6 Å². The summed E-state index contributed by atoms with van der Waals surface area (Å²) < 4.78 is 27.3. The van der Waals surface area contributed by atoms with Gasteiger partial charge in [-0.3, -0.25) is 4.79 Å². The number of anilines is 1. The summed E-state index contributed by atoms with van der Waals surface area (Å²) in [5.74, 6) is -2.59. The number of rotatable bonds is 2. The summed E-state index contributed by atoms with van der Waals surface area (Å²) in [7, 11) is 1.63. The molecule has 7 heteroatoms. The molecule has 0 saturated heterocycles. The van der Waals surface area contributed by atoms with E-state index in [1.807, 2.05) is 0 Å². The van der Waals surface area contributed by atoms with Crippen molar-refractivity contribution in [2.24, 2.45) is 7.05 Å². The minimum Gasteiger partial charge on any atom is -0.345 e. The van der Waals surface area contributed by atoms with Gasteiger partial charge in [0, 0.05) is 13.2 Å². The zero-order valence-corrected chi connectivity index (χ0v) is 10.0. The van der Waals surface area contributed by atoms with Crippen LogP contribution in [0.25, 0.3) is 0 Å². The number of nitrogens with zero attached hydrogens (tertiary/aromatic N) is 2. The standard InChI is InChI=1S/C11H8ClF2N3O/c1-17-5-6(12)4-8(17)11(18)15-7-2-3-9(13)16-10(7)14/h2-5H,1H3,(H,15,18). The first-order valence-electron chi connectivity index (χ1n) is 4.92. The molecule has 1 amide bonds. The predicted octanol–water partition coefficient (Wildman–Crippen LogP) is 2.60. The van der Waals surface area contributed by atoms with Gasteiger partial charge in [-0.15, -0.1) is 0 Å². The number of hydrogen-bond acceptors (Lipinski definition) is 2. The quantitative estimate of drug-likeness (QED) is 0.854. The van der Waals surface area contributed by atoms with Crippen LogP contribution in [-0.4, -0.2) is 15.5 Å². The molecular weight excluding hydrogens is 264 g/mol. The largest absolute Gasteiger partial charge is 0.345 e. The van der Waals surface area contributed by atoms with Crippen LogP contribution in [0.5, 0.6) is 0 Å². The van der Waals surface area contributed by atoms with E-state index < -0.39 is 17.8 Å². The summed E-state index contributed by atoms with van der Waals surface area (Å²) in [5, 5.41) is 2.67. The summed E-state index contributed by atoms with van der Waals surface area (Å²) in [6, 6.07) is 3.49. The smallest absolute Gasteiger partial charge is 0.272 e. The lowest BCUT2D eigenvalue weighted by Gasteiger charge is -2.06. The lowest BCUT2D eigenvalue weighted by atomic mass is 10.3. The van der Waals surface area contributed by atoms with Crippen molar-refractivity contribution in [2.75, 3.05) is 5.32 Å². The van der Waals surface area contributed by atoms with Crippen LogP contribution >= 0.6 is 11.6 Å². The molecule has 0 aliphatic carbocycles. The Hall–Kier alpha value is -1.95. The van der Waals surface area contributed by atoms with Crippen LogP contribution in [0.2, 0.25) is 5.02 Å². The molecule has 0 unspecified atom stereocenters. The average Bonchev–Trinajstić information content (AvgIpc) is 2.62. The Morgan fingerprint density at radius 3 is 2.72 bits per heavy atom. The van der Waals surface area contributed by atoms with Crippen molar-refractivity contribution < 1.29 is 13.6 Å². The Morgan fingerprint density at radius 2 is 2.17 bits per heavy atom. The monoisotopic (exact) mass is 271 g/mol. The van der Waals surface area contributed by atoms with Crippen molar-refractivity contribution in [3.8, 4) is 0 Å². The number of carbonyl (C=O) groups excluding carboxylic acids is 1. The highest BCUT2D eigenvalue weighted by Crippen LogP contribution is 2.16. The number of carbonyl (C=O) groups is 1. The fourth-order valence-corrected chi connectivity index (χ4v) is 1.69. The fraction of sp³-hybridized carbons (Fsp3) is 0.0909. The van der Waals surface area contributed by atoms with Gasteiger partial charge in [0.2, 0.25) is 11.9 Å². The second-order valence-electron chi connectivity index (χ2n) is 3.58. The number of aromatic nitrogens is 2. The highest BCUT2D eigenvalue weighted by molar-refractivity contribution is 6.31. The molecule has 0 radical (unpaired) electrons. The van der Waals surface area contributed by atoms with Crippen LogP contribution in [0.1, 0.15) is 10.5 Å². The van der Waals surface area contributed by atoms with Crippen molar-refractivity contribution >= 4 is 23.2 Å². The number of pyridine rings is 1. The maximum absolute atomic E-state index is 13.2. The Balaban J connectivity index is 2.24. The maximum atomic E-state index is 13.2. The van der Waals surface area contributed by atoms with E-state index in [2.05, 4.69) is 10.3 Å². The first-order valence-corrected chi connectivity index (χ1v) is 5.30. The summed E-state index contributed by atoms with van der Waals surface area (Å²) in [6.07, 6.45) is 1.54. The topological polar surface area (TPSA) is 46.9 Å². The van der Waals surface area contributed by atoms with Gasteiger partial charge in [0.05, 0.1) is 10.7 Å². The highest BCUT2D eigenvalue weighted by atomic mass is 35.5. The van der Waals surface area contributed by atoms with E-state index in [1.165, 1.54) is 16.8 Å². The number of aryl methyl sites for hydroxylation is 1. The van der Waals surface area contributed by atoms with Crippen LogP contribution in [0.3, 0.4) is 0 Å². The maximum Gasteiger partial charge on any atom is 0.272 e. The zero-order valence-electron chi connectivity index (χ0n) is 9.25. The van der Waals surface area contributed by atoms with Gasteiger partial charge in [0.1, 0.15) is 5.69 Å².